The van der Waals surface area contributed by atoms with E-state index in [9.17, 15) is 14.9 Å². The second-order valence-electron chi connectivity index (χ2n) is 5.52. The molecule has 0 bridgehead atoms. The fourth-order valence-corrected chi connectivity index (χ4v) is 2.41. The van der Waals surface area contributed by atoms with Gasteiger partial charge >= 0.3 is 0 Å². The number of nitro groups is 1. The molecule has 0 spiro atoms. The third kappa shape index (κ3) is 3.84. The summed E-state index contributed by atoms with van der Waals surface area (Å²) < 4.78 is 5.67. The molecule has 2 aromatic carbocycles. The molecule has 0 saturated carbocycles. The maximum Gasteiger partial charge on any atom is 0.271 e. The normalized spacial score (nSPS) is 10.8. The number of aryl methyl sites for hydroxylation is 1. The third-order valence-corrected chi connectivity index (χ3v) is 3.71. The fraction of sp³-hybridized carbons (Fsp3) is 0.0526. The molecule has 0 atom stereocenters. The van der Waals surface area contributed by atoms with E-state index in [1.54, 1.807) is 49.4 Å². The molecule has 0 radical (unpaired) electrons. The van der Waals surface area contributed by atoms with Gasteiger partial charge in [0.15, 0.2) is 0 Å². The van der Waals surface area contributed by atoms with Crippen LogP contribution in [0.4, 0.5) is 5.69 Å². The Balaban J connectivity index is 1.70. The number of benzene rings is 2. The van der Waals surface area contributed by atoms with Crippen molar-refractivity contribution >= 4 is 17.8 Å². The lowest BCUT2D eigenvalue weighted by atomic mass is 10.1. The number of carbonyl (C=O) groups excluding carboxylic acids is 1. The molecule has 3 rings (SSSR count). The lowest BCUT2D eigenvalue weighted by molar-refractivity contribution is -0.384. The molecule has 26 heavy (non-hydrogen) atoms. The molecular formula is C19H15N3O4. The van der Waals surface area contributed by atoms with Crippen LogP contribution >= 0.6 is 0 Å². The maximum atomic E-state index is 11.9. The molecule has 0 unspecified atom stereocenters. The molecule has 0 saturated heterocycles. The van der Waals surface area contributed by atoms with Gasteiger partial charge in [-0.2, -0.15) is 5.10 Å². The lowest BCUT2D eigenvalue weighted by Crippen LogP contribution is -2.17. The van der Waals surface area contributed by atoms with Gasteiger partial charge < -0.3 is 4.42 Å². The summed E-state index contributed by atoms with van der Waals surface area (Å²) in [5.74, 6) is 0.694. The summed E-state index contributed by atoms with van der Waals surface area (Å²) in [6, 6.07) is 16.7. The van der Waals surface area contributed by atoms with Gasteiger partial charge in [0.25, 0.3) is 11.6 Å². The van der Waals surface area contributed by atoms with E-state index in [2.05, 4.69) is 10.5 Å². The highest BCUT2D eigenvalue weighted by atomic mass is 16.6. The number of non-ortho nitro benzene ring substituents is 1. The number of hydrogen-bond acceptors (Lipinski definition) is 5. The number of nitro benzene ring substituents is 1. The van der Waals surface area contributed by atoms with Crippen molar-refractivity contribution < 1.29 is 14.1 Å². The molecule has 7 nitrogen and oxygen atoms in total. The lowest BCUT2D eigenvalue weighted by Gasteiger charge is -2.02. The molecule has 1 N–H and O–H groups in total. The molecule has 0 fully saturated rings. The zero-order chi connectivity index (χ0) is 18.5. The molecule has 7 heteroatoms. The first-order valence-electron chi connectivity index (χ1n) is 7.78. The highest BCUT2D eigenvalue weighted by Gasteiger charge is 2.12. The van der Waals surface area contributed by atoms with E-state index in [0.29, 0.717) is 17.1 Å². The van der Waals surface area contributed by atoms with E-state index >= 15 is 0 Å². The van der Waals surface area contributed by atoms with E-state index in [1.165, 1.54) is 18.3 Å². The van der Waals surface area contributed by atoms with Crippen LogP contribution in [0.3, 0.4) is 0 Å². The number of furan rings is 1. The SMILES string of the molecule is Cc1cc([N+](=O)[O-])ccc1-c1ccc(C=NNC(=O)c2ccccc2)o1. The Morgan fingerprint density at radius 1 is 1.15 bits per heavy atom. The van der Waals surface area contributed by atoms with Crippen molar-refractivity contribution in [3.8, 4) is 11.3 Å². The van der Waals surface area contributed by atoms with E-state index in [1.807, 2.05) is 6.07 Å². The van der Waals surface area contributed by atoms with Crippen molar-refractivity contribution in [2.75, 3.05) is 0 Å². The molecule has 1 heterocycles. The predicted octanol–water partition coefficient (Wildman–Crippen LogP) is 3.93. The van der Waals surface area contributed by atoms with E-state index in [0.717, 1.165) is 11.1 Å². The second-order valence-corrected chi connectivity index (χ2v) is 5.52. The number of amides is 1. The van der Waals surface area contributed by atoms with Gasteiger partial charge in [0.1, 0.15) is 11.5 Å². The summed E-state index contributed by atoms with van der Waals surface area (Å²) in [5, 5.41) is 14.7. The largest absolute Gasteiger partial charge is 0.455 e. The van der Waals surface area contributed by atoms with Gasteiger partial charge in [-0.15, -0.1) is 0 Å². The average Bonchev–Trinajstić information content (AvgIpc) is 3.10. The molecule has 0 aliphatic carbocycles. The Kier molecular flexibility index (Phi) is 4.89. The standard InChI is InChI=1S/C19H15N3O4/c1-13-11-15(22(24)25)7-9-17(13)18-10-8-16(26-18)12-20-21-19(23)14-5-3-2-4-6-14/h2-12H,1H3,(H,21,23). The van der Waals surface area contributed by atoms with Crippen molar-refractivity contribution in [3.63, 3.8) is 0 Å². The van der Waals surface area contributed by atoms with Crippen LogP contribution in [-0.4, -0.2) is 17.0 Å². The average molecular weight is 349 g/mol. The monoisotopic (exact) mass is 349 g/mol. The van der Waals surface area contributed by atoms with E-state index in [4.69, 9.17) is 4.42 Å². The minimum atomic E-state index is -0.438. The van der Waals surface area contributed by atoms with Crippen molar-refractivity contribution in [3.05, 3.63) is 87.7 Å². The highest BCUT2D eigenvalue weighted by Crippen LogP contribution is 2.28. The highest BCUT2D eigenvalue weighted by molar-refractivity contribution is 5.94. The van der Waals surface area contributed by atoms with Crippen LogP contribution in [0.2, 0.25) is 0 Å². The molecule has 0 aliphatic rings. The van der Waals surface area contributed by atoms with Gasteiger partial charge in [-0.1, -0.05) is 18.2 Å². The van der Waals surface area contributed by atoms with Gasteiger partial charge in [-0.05, 0) is 42.8 Å². The van der Waals surface area contributed by atoms with Gasteiger partial charge in [-0.25, -0.2) is 5.43 Å². The van der Waals surface area contributed by atoms with Gasteiger partial charge in [-0.3, -0.25) is 14.9 Å². The topological polar surface area (TPSA) is 97.7 Å². The number of carbonyl (C=O) groups is 1. The number of hydrazone groups is 1. The first kappa shape index (κ1) is 17.1. The second kappa shape index (κ2) is 7.43. The Labute approximate surface area is 149 Å². The molecule has 1 aromatic heterocycles. The summed E-state index contributed by atoms with van der Waals surface area (Å²) >= 11 is 0. The van der Waals surface area contributed by atoms with E-state index < -0.39 is 4.92 Å². The van der Waals surface area contributed by atoms with Gasteiger partial charge in [0.05, 0.1) is 11.1 Å². The first-order chi connectivity index (χ1) is 12.5. The summed E-state index contributed by atoms with van der Waals surface area (Å²) in [6.07, 6.45) is 1.39. The summed E-state index contributed by atoms with van der Waals surface area (Å²) in [7, 11) is 0. The van der Waals surface area contributed by atoms with Crippen molar-refractivity contribution in [1.82, 2.24) is 5.43 Å². The summed E-state index contributed by atoms with van der Waals surface area (Å²) in [6.45, 7) is 1.78. The zero-order valence-electron chi connectivity index (χ0n) is 13.9. The smallest absolute Gasteiger partial charge is 0.271 e. The fourth-order valence-electron chi connectivity index (χ4n) is 2.41. The molecule has 130 valence electrons. The zero-order valence-corrected chi connectivity index (χ0v) is 13.9. The quantitative estimate of drug-likeness (QED) is 0.429. The van der Waals surface area contributed by atoms with Crippen LogP contribution in [-0.2, 0) is 0 Å². The van der Waals surface area contributed by atoms with Crippen LogP contribution in [0.15, 0.2) is 70.2 Å². The van der Waals surface area contributed by atoms with Crippen molar-refractivity contribution in [2.45, 2.75) is 6.92 Å². The number of nitrogens with zero attached hydrogens (tertiary/aromatic N) is 2. The maximum absolute atomic E-state index is 11.9. The molecular weight excluding hydrogens is 334 g/mol. The van der Waals surface area contributed by atoms with Crippen molar-refractivity contribution in [1.29, 1.82) is 0 Å². The third-order valence-electron chi connectivity index (χ3n) is 3.71. The van der Waals surface area contributed by atoms with Crippen LogP contribution in [0.25, 0.3) is 11.3 Å². The van der Waals surface area contributed by atoms with Crippen LogP contribution in [0, 0.1) is 17.0 Å². The van der Waals surface area contributed by atoms with Gasteiger partial charge in [0.2, 0.25) is 0 Å². The number of rotatable bonds is 5. The van der Waals surface area contributed by atoms with Gasteiger partial charge in [0, 0.05) is 23.3 Å². The molecule has 0 aliphatic heterocycles. The van der Waals surface area contributed by atoms with E-state index in [-0.39, 0.29) is 11.6 Å². The predicted molar refractivity (Wildman–Crippen MR) is 97.0 cm³/mol. The van der Waals surface area contributed by atoms with Crippen LogP contribution in [0.1, 0.15) is 21.7 Å². The number of hydrogen-bond donors (Lipinski definition) is 1. The minimum absolute atomic E-state index is 0.0308. The Bertz CT molecular complexity index is 977. The Morgan fingerprint density at radius 3 is 2.62 bits per heavy atom. The van der Waals surface area contributed by atoms with Crippen LogP contribution in [0.5, 0.6) is 0 Å². The Hall–Kier alpha value is -3.74. The Morgan fingerprint density at radius 2 is 1.92 bits per heavy atom. The molecule has 1 amide bonds. The molecule has 3 aromatic rings. The minimum Gasteiger partial charge on any atom is -0.455 e. The first-order valence-corrected chi connectivity index (χ1v) is 7.78. The van der Waals surface area contributed by atoms with Crippen LogP contribution < -0.4 is 5.43 Å². The summed E-state index contributed by atoms with van der Waals surface area (Å²) in [4.78, 5) is 22.3. The van der Waals surface area contributed by atoms with Crippen molar-refractivity contribution in [2.24, 2.45) is 5.10 Å². The number of nitrogens with one attached hydrogen (secondary N) is 1. The summed E-state index contributed by atoms with van der Waals surface area (Å²) in [5.41, 5.74) is 4.44.